The highest BCUT2D eigenvalue weighted by Crippen LogP contribution is 2.27. The lowest BCUT2D eigenvalue weighted by molar-refractivity contribution is -0.114. The van der Waals surface area contributed by atoms with Crippen LogP contribution in [0.25, 0.3) is 0 Å². The minimum absolute atomic E-state index is 0.247. The van der Waals surface area contributed by atoms with E-state index in [1.807, 2.05) is 0 Å². The molecule has 0 saturated carbocycles. The SMILES string of the molecule is CS(=O)(=O)N(CC(=O)Nc1ccc(Cl)cc1)c1ccccc1Cl. The van der Waals surface area contributed by atoms with Gasteiger partial charge < -0.3 is 5.32 Å². The molecule has 0 unspecified atom stereocenters. The molecule has 1 N–H and O–H groups in total. The van der Waals surface area contributed by atoms with Crippen LogP contribution in [0.1, 0.15) is 0 Å². The van der Waals surface area contributed by atoms with Gasteiger partial charge in [0.15, 0.2) is 0 Å². The highest BCUT2D eigenvalue weighted by atomic mass is 35.5. The van der Waals surface area contributed by atoms with E-state index in [9.17, 15) is 13.2 Å². The van der Waals surface area contributed by atoms with E-state index in [1.54, 1.807) is 48.5 Å². The van der Waals surface area contributed by atoms with Crippen molar-refractivity contribution in [2.75, 3.05) is 22.4 Å². The number of rotatable bonds is 5. The number of hydrogen-bond donors (Lipinski definition) is 1. The molecule has 0 spiro atoms. The van der Waals surface area contributed by atoms with Gasteiger partial charge in [-0.2, -0.15) is 0 Å². The molecule has 0 heterocycles. The summed E-state index contributed by atoms with van der Waals surface area (Å²) < 4.78 is 24.9. The summed E-state index contributed by atoms with van der Waals surface area (Å²) in [4.78, 5) is 12.1. The Morgan fingerprint density at radius 3 is 2.26 bits per heavy atom. The Morgan fingerprint density at radius 1 is 1.09 bits per heavy atom. The van der Waals surface area contributed by atoms with Gasteiger partial charge in [0.05, 0.1) is 17.0 Å². The van der Waals surface area contributed by atoms with Crippen molar-refractivity contribution in [2.45, 2.75) is 0 Å². The molecule has 0 aromatic heterocycles. The lowest BCUT2D eigenvalue weighted by Crippen LogP contribution is -2.37. The first-order valence-corrected chi connectivity index (χ1v) is 9.15. The van der Waals surface area contributed by atoms with E-state index in [2.05, 4.69) is 5.32 Å². The molecule has 5 nitrogen and oxygen atoms in total. The molecule has 0 saturated heterocycles. The van der Waals surface area contributed by atoms with Crippen LogP contribution in [0.4, 0.5) is 11.4 Å². The van der Waals surface area contributed by atoms with Gasteiger partial charge in [-0.05, 0) is 36.4 Å². The highest BCUT2D eigenvalue weighted by Gasteiger charge is 2.22. The lowest BCUT2D eigenvalue weighted by atomic mass is 10.3. The second-order valence-corrected chi connectivity index (χ2v) is 7.53. The Morgan fingerprint density at radius 2 is 1.70 bits per heavy atom. The summed E-state index contributed by atoms with van der Waals surface area (Å²) in [5, 5.41) is 3.40. The van der Waals surface area contributed by atoms with Crippen molar-refractivity contribution >= 4 is 50.5 Å². The van der Waals surface area contributed by atoms with E-state index in [-0.39, 0.29) is 17.3 Å². The molecule has 0 bridgehead atoms. The van der Waals surface area contributed by atoms with Crippen LogP contribution in [0.15, 0.2) is 48.5 Å². The Hall–Kier alpha value is -1.76. The number of anilines is 2. The summed E-state index contributed by atoms with van der Waals surface area (Å²) in [6.07, 6.45) is 1.02. The molecule has 0 aliphatic carbocycles. The number of hydrogen-bond acceptors (Lipinski definition) is 3. The zero-order valence-electron chi connectivity index (χ0n) is 12.2. The minimum atomic E-state index is -3.67. The minimum Gasteiger partial charge on any atom is -0.325 e. The monoisotopic (exact) mass is 372 g/mol. The molecule has 1 amide bonds. The van der Waals surface area contributed by atoms with Crippen LogP contribution >= 0.6 is 23.2 Å². The number of nitrogens with zero attached hydrogens (tertiary/aromatic N) is 1. The molecule has 0 radical (unpaired) electrons. The first kappa shape index (κ1) is 17.6. The molecule has 0 fully saturated rings. The van der Waals surface area contributed by atoms with Crippen LogP contribution in [-0.2, 0) is 14.8 Å². The third kappa shape index (κ3) is 4.86. The number of halogens is 2. The number of benzene rings is 2. The van der Waals surface area contributed by atoms with E-state index in [1.165, 1.54) is 0 Å². The van der Waals surface area contributed by atoms with Gasteiger partial charge in [-0.25, -0.2) is 8.42 Å². The third-order valence-corrected chi connectivity index (χ3v) is 4.63. The zero-order valence-corrected chi connectivity index (χ0v) is 14.5. The number of carbonyl (C=O) groups is 1. The summed E-state index contributed by atoms with van der Waals surface area (Å²) in [7, 11) is -3.67. The fourth-order valence-corrected chi connectivity index (χ4v) is 3.18. The summed E-state index contributed by atoms with van der Waals surface area (Å²) in [6, 6.07) is 12.9. The van der Waals surface area contributed by atoms with Crippen molar-refractivity contribution in [1.82, 2.24) is 0 Å². The maximum Gasteiger partial charge on any atom is 0.245 e. The van der Waals surface area contributed by atoms with E-state index >= 15 is 0 Å². The molecule has 122 valence electrons. The first-order valence-electron chi connectivity index (χ1n) is 6.55. The Balaban J connectivity index is 2.20. The van der Waals surface area contributed by atoms with Gasteiger partial charge >= 0.3 is 0 Å². The molecule has 0 atom stereocenters. The summed E-state index contributed by atoms with van der Waals surface area (Å²) in [5.41, 5.74) is 0.773. The first-order chi connectivity index (χ1) is 10.8. The Labute approximate surface area is 144 Å². The number of nitrogens with one attached hydrogen (secondary N) is 1. The standard InChI is InChI=1S/C15H14Cl2N2O3S/c1-23(21,22)19(14-5-3-2-4-13(14)17)10-15(20)18-12-8-6-11(16)7-9-12/h2-9H,10H2,1H3,(H,18,20). The van der Waals surface area contributed by atoms with Crippen molar-refractivity contribution in [3.05, 3.63) is 58.6 Å². The lowest BCUT2D eigenvalue weighted by Gasteiger charge is -2.22. The maximum absolute atomic E-state index is 12.1. The molecule has 0 aliphatic rings. The van der Waals surface area contributed by atoms with Crippen molar-refractivity contribution in [2.24, 2.45) is 0 Å². The van der Waals surface area contributed by atoms with Gasteiger partial charge in [0.25, 0.3) is 0 Å². The fraction of sp³-hybridized carbons (Fsp3) is 0.133. The fourth-order valence-electron chi connectivity index (χ4n) is 1.90. The molecular formula is C15H14Cl2N2O3S. The van der Waals surface area contributed by atoms with Gasteiger partial charge in [-0.3, -0.25) is 9.10 Å². The normalized spacial score (nSPS) is 11.1. The Kier molecular flexibility index (Phi) is 5.51. The van der Waals surface area contributed by atoms with Crippen LogP contribution in [0.2, 0.25) is 10.0 Å². The highest BCUT2D eigenvalue weighted by molar-refractivity contribution is 7.92. The van der Waals surface area contributed by atoms with Crippen LogP contribution in [0.5, 0.6) is 0 Å². The van der Waals surface area contributed by atoms with Crippen molar-refractivity contribution < 1.29 is 13.2 Å². The summed E-state index contributed by atoms with van der Waals surface area (Å²) in [6.45, 7) is -0.384. The second kappa shape index (κ2) is 7.21. The second-order valence-electron chi connectivity index (χ2n) is 4.78. The van der Waals surface area contributed by atoms with Gasteiger partial charge in [0, 0.05) is 10.7 Å². The summed E-state index contributed by atoms with van der Waals surface area (Å²) >= 11 is 11.8. The average molecular weight is 373 g/mol. The smallest absolute Gasteiger partial charge is 0.245 e. The number of carbonyl (C=O) groups excluding carboxylic acids is 1. The van der Waals surface area contributed by atoms with E-state index in [0.29, 0.717) is 10.7 Å². The Bertz CT molecular complexity index is 808. The molecule has 2 rings (SSSR count). The number of para-hydroxylation sites is 1. The molecule has 8 heteroatoms. The number of amides is 1. The van der Waals surface area contributed by atoms with Crippen molar-refractivity contribution in [1.29, 1.82) is 0 Å². The van der Waals surface area contributed by atoms with Crippen LogP contribution in [0.3, 0.4) is 0 Å². The van der Waals surface area contributed by atoms with Crippen LogP contribution in [0, 0.1) is 0 Å². The quantitative estimate of drug-likeness (QED) is 0.874. The topological polar surface area (TPSA) is 66.5 Å². The van der Waals surface area contributed by atoms with Gasteiger partial charge in [0.1, 0.15) is 6.54 Å². The van der Waals surface area contributed by atoms with Gasteiger partial charge in [-0.1, -0.05) is 35.3 Å². The van der Waals surface area contributed by atoms with E-state index in [0.717, 1.165) is 10.6 Å². The van der Waals surface area contributed by atoms with Crippen molar-refractivity contribution in [3.8, 4) is 0 Å². The van der Waals surface area contributed by atoms with E-state index < -0.39 is 15.9 Å². The van der Waals surface area contributed by atoms with Crippen LogP contribution < -0.4 is 9.62 Å². The molecule has 23 heavy (non-hydrogen) atoms. The molecular weight excluding hydrogens is 359 g/mol. The average Bonchev–Trinajstić information content (AvgIpc) is 2.47. The molecule has 0 aliphatic heterocycles. The zero-order chi connectivity index (χ0) is 17.0. The largest absolute Gasteiger partial charge is 0.325 e. The maximum atomic E-state index is 12.1. The predicted octanol–water partition coefficient (Wildman–Crippen LogP) is 3.40. The molecule has 2 aromatic rings. The van der Waals surface area contributed by atoms with Crippen molar-refractivity contribution in [3.63, 3.8) is 0 Å². The predicted molar refractivity (Wildman–Crippen MR) is 93.7 cm³/mol. The van der Waals surface area contributed by atoms with Gasteiger partial charge in [-0.15, -0.1) is 0 Å². The van der Waals surface area contributed by atoms with E-state index in [4.69, 9.17) is 23.2 Å². The summed E-state index contributed by atoms with van der Waals surface area (Å²) in [5.74, 6) is -0.488. The van der Waals surface area contributed by atoms with Gasteiger partial charge in [0.2, 0.25) is 15.9 Å². The third-order valence-electron chi connectivity index (χ3n) is 2.94. The molecule has 2 aromatic carbocycles. The van der Waals surface area contributed by atoms with Crippen LogP contribution in [-0.4, -0.2) is 27.1 Å². The number of sulfonamides is 1.